The van der Waals surface area contributed by atoms with Crippen molar-refractivity contribution in [1.82, 2.24) is 4.98 Å². The Morgan fingerprint density at radius 2 is 1.90 bits per heavy atom. The average Bonchev–Trinajstić information content (AvgIpc) is 2.32. The number of pyridine rings is 1. The molecule has 104 valence electrons. The molecule has 20 heavy (non-hydrogen) atoms. The molecule has 0 atom stereocenters. The molecule has 0 bridgehead atoms. The minimum absolute atomic E-state index is 0.176. The van der Waals surface area contributed by atoms with Crippen LogP contribution in [0, 0.1) is 13.8 Å². The van der Waals surface area contributed by atoms with E-state index < -0.39 is 0 Å². The highest BCUT2D eigenvalue weighted by Crippen LogP contribution is 2.27. The lowest BCUT2D eigenvalue weighted by atomic mass is 10.1. The molecule has 0 spiro atoms. The van der Waals surface area contributed by atoms with E-state index in [1.165, 1.54) is 0 Å². The molecule has 0 saturated carbocycles. The summed E-state index contributed by atoms with van der Waals surface area (Å²) in [6, 6.07) is 7.12. The Bertz CT molecular complexity index is 646. The van der Waals surface area contributed by atoms with Crippen LogP contribution in [0.15, 0.2) is 28.7 Å². The molecule has 1 heterocycles. The average molecular weight is 374 g/mol. The quantitative estimate of drug-likeness (QED) is 0.751. The maximum Gasteiger partial charge on any atom is 0.255 e. The lowest BCUT2D eigenvalue weighted by molar-refractivity contribution is 0.102. The molecule has 0 radical (unpaired) electrons. The van der Waals surface area contributed by atoms with E-state index in [-0.39, 0.29) is 11.1 Å². The van der Waals surface area contributed by atoms with E-state index in [0.29, 0.717) is 16.4 Å². The van der Waals surface area contributed by atoms with Crippen LogP contribution in [0.4, 0.5) is 5.69 Å². The summed E-state index contributed by atoms with van der Waals surface area (Å²) in [5.41, 5.74) is 2.76. The van der Waals surface area contributed by atoms with Crippen LogP contribution in [-0.2, 0) is 0 Å². The molecule has 0 unspecified atom stereocenters. The SMILES string of the molecule is Cc1cc(Br)cc(C(=O)Nc2c(C)cc(Cl)nc2Cl)c1. The van der Waals surface area contributed by atoms with Crippen LogP contribution in [0.25, 0.3) is 0 Å². The van der Waals surface area contributed by atoms with E-state index in [2.05, 4.69) is 26.2 Å². The molecule has 0 aliphatic heterocycles. The number of aryl methyl sites for hydroxylation is 2. The van der Waals surface area contributed by atoms with Gasteiger partial charge in [0.25, 0.3) is 5.91 Å². The third-order valence-electron chi connectivity index (χ3n) is 2.68. The summed E-state index contributed by atoms with van der Waals surface area (Å²) < 4.78 is 0.847. The molecule has 0 aliphatic rings. The number of amides is 1. The van der Waals surface area contributed by atoms with Crippen molar-refractivity contribution in [2.45, 2.75) is 13.8 Å². The van der Waals surface area contributed by atoms with Crippen LogP contribution in [0.2, 0.25) is 10.3 Å². The second kappa shape index (κ2) is 6.12. The monoisotopic (exact) mass is 372 g/mol. The zero-order valence-corrected chi connectivity index (χ0v) is 13.9. The number of hydrogen-bond acceptors (Lipinski definition) is 2. The maximum absolute atomic E-state index is 12.3. The first-order valence-corrected chi connectivity index (χ1v) is 7.33. The molecule has 0 aliphatic carbocycles. The van der Waals surface area contributed by atoms with E-state index >= 15 is 0 Å². The first-order chi connectivity index (χ1) is 9.36. The first-order valence-electron chi connectivity index (χ1n) is 5.78. The van der Waals surface area contributed by atoms with Crippen LogP contribution in [-0.4, -0.2) is 10.9 Å². The first kappa shape index (κ1) is 15.3. The second-order valence-corrected chi connectivity index (χ2v) is 6.06. The Labute approximate surface area is 135 Å². The molecule has 6 heteroatoms. The molecule has 2 rings (SSSR count). The van der Waals surface area contributed by atoms with Gasteiger partial charge in [0.1, 0.15) is 5.15 Å². The number of halogens is 3. The molecule has 0 saturated heterocycles. The summed E-state index contributed by atoms with van der Waals surface area (Å²) >= 11 is 15.2. The van der Waals surface area contributed by atoms with Gasteiger partial charge in [0.2, 0.25) is 0 Å². The lowest BCUT2D eigenvalue weighted by Crippen LogP contribution is -2.14. The van der Waals surface area contributed by atoms with E-state index in [1.807, 2.05) is 13.0 Å². The zero-order chi connectivity index (χ0) is 14.9. The van der Waals surface area contributed by atoms with Gasteiger partial charge in [-0.15, -0.1) is 0 Å². The Morgan fingerprint density at radius 1 is 1.20 bits per heavy atom. The van der Waals surface area contributed by atoms with Gasteiger partial charge >= 0.3 is 0 Å². The van der Waals surface area contributed by atoms with Gasteiger partial charge in [-0.2, -0.15) is 0 Å². The fourth-order valence-corrected chi connectivity index (χ4v) is 2.99. The fraction of sp³-hybridized carbons (Fsp3) is 0.143. The molecule has 1 aromatic heterocycles. The Morgan fingerprint density at radius 3 is 2.50 bits per heavy atom. The molecule has 1 N–H and O–H groups in total. The number of nitrogens with one attached hydrogen (secondary N) is 1. The number of rotatable bonds is 2. The third-order valence-corrected chi connectivity index (χ3v) is 3.61. The van der Waals surface area contributed by atoms with Gasteiger partial charge in [-0.1, -0.05) is 39.1 Å². The molecular weight excluding hydrogens is 363 g/mol. The maximum atomic E-state index is 12.3. The zero-order valence-electron chi connectivity index (χ0n) is 10.8. The van der Waals surface area contributed by atoms with Crippen molar-refractivity contribution in [3.63, 3.8) is 0 Å². The number of carbonyl (C=O) groups excluding carboxylic acids is 1. The van der Waals surface area contributed by atoms with Gasteiger partial charge in [0, 0.05) is 10.0 Å². The van der Waals surface area contributed by atoms with Crippen LogP contribution in [0.1, 0.15) is 21.5 Å². The van der Waals surface area contributed by atoms with Crippen LogP contribution in [0.5, 0.6) is 0 Å². The van der Waals surface area contributed by atoms with Crippen molar-refractivity contribution in [2.75, 3.05) is 5.32 Å². The summed E-state index contributed by atoms with van der Waals surface area (Å²) in [5, 5.41) is 3.23. The minimum Gasteiger partial charge on any atom is -0.319 e. The molecule has 3 nitrogen and oxygen atoms in total. The Balaban J connectivity index is 2.32. The number of aromatic nitrogens is 1. The lowest BCUT2D eigenvalue weighted by Gasteiger charge is -2.11. The fourth-order valence-electron chi connectivity index (χ4n) is 1.80. The van der Waals surface area contributed by atoms with Gasteiger partial charge in [0.15, 0.2) is 5.15 Å². The highest BCUT2D eigenvalue weighted by atomic mass is 79.9. The van der Waals surface area contributed by atoms with Gasteiger partial charge < -0.3 is 5.32 Å². The highest BCUT2D eigenvalue weighted by molar-refractivity contribution is 9.10. The normalized spacial score (nSPS) is 10.4. The van der Waals surface area contributed by atoms with E-state index in [9.17, 15) is 4.79 Å². The predicted octanol–water partition coefficient (Wildman–Crippen LogP) is 5.02. The topological polar surface area (TPSA) is 42.0 Å². The van der Waals surface area contributed by atoms with Gasteiger partial charge in [-0.3, -0.25) is 4.79 Å². The van der Waals surface area contributed by atoms with Gasteiger partial charge in [-0.05, 0) is 49.2 Å². The summed E-state index contributed by atoms with van der Waals surface area (Å²) in [4.78, 5) is 16.2. The standard InChI is InChI=1S/C14H11BrCl2N2O/c1-7-3-9(6-10(15)4-7)14(20)19-12-8(2)5-11(16)18-13(12)17/h3-6H,1-2H3,(H,19,20). The molecule has 2 aromatic rings. The number of nitrogens with zero attached hydrogens (tertiary/aromatic N) is 1. The van der Waals surface area contributed by atoms with E-state index in [4.69, 9.17) is 23.2 Å². The van der Waals surface area contributed by atoms with Crippen LogP contribution >= 0.6 is 39.1 Å². The number of benzene rings is 1. The van der Waals surface area contributed by atoms with E-state index in [1.54, 1.807) is 25.1 Å². The summed E-state index contributed by atoms with van der Waals surface area (Å²) in [6.07, 6.45) is 0. The summed E-state index contributed by atoms with van der Waals surface area (Å²) in [6.45, 7) is 3.73. The number of anilines is 1. The molecule has 1 aromatic carbocycles. The predicted molar refractivity (Wildman–Crippen MR) is 85.8 cm³/mol. The van der Waals surface area contributed by atoms with Crippen molar-refractivity contribution in [3.8, 4) is 0 Å². The summed E-state index contributed by atoms with van der Waals surface area (Å²) in [5.74, 6) is -0.247. The van der Waals surface area contributed by atoms with Crippen molar-refractivity contribution in [1.29, 1.82) is 0 Å². The largest absolute Gasteiger partial charge is 0.319 e. The van der Waals surface area contributed by atoms with Crippen LogP contribution < -0.4 is 5.32 Å². The smallest absolute Gasteiger partial charge is 0.255 e. The Hall–Kier alpha value is -1.10. The number of hydrogen-bond donors (Lipinski definition) is 1. The second-order valence-electron chi connectivity index (χ2n) is 4.40. The van der Waals surface area contributed by atoms with Crippen LogP contribution in [0.3, 0.4) is 0 Å². The number of carbonyl (C=O) groups is 1. The highest BCUT2D eigenvalue weighted by Gasteiger charge is 2.13. The third kappa shape index (κ3) is 3.51. The molecular formula is C14H11BrCl2N2O. The van der Waals surface area contributed by atoms with Crippen molar-refractivity contribution >= 4 is 50.7 Å². The molecule has 0 fully saturated rings. The van der Waals surface area contributed by atoms with Gasteiger partial charge in [0.05, 0.1) is 5.69 Å². The van der Waals surface area contributed by atoms with Gasteiger partial charge in [-0.25, -0.2) is 4.98 Å². The molecule has 1 amide bonds. The summed E-state index contributed by atoms with van der Waals surface area (Å²) in [7, 11) is 0. The minimum atomic E-state index is -0.247. The Kier molecular flexibility index (Phi) is 4.68. The van der Waals surface area contributed by atoms with Crippen molar-refractivity contribution in [2.24, 2.45) is 0 Å². The van der Waals surface area contributed by atoms with Crippen molar-refractivity contribution < 1.29 is 4.79 Å². The van der Waals surface area contributed by atoms with E-state index in [0.717, 1.165) is 15.6 Å². The van der Waals surface area contributed by atoms with Crippen molar-refractivity contribution in [3.05, 3.63) is 55.7 Å².